The summed E-state index contributed by atoms with van der Waals surface area (Å²) in [6.07, 6.45) is 8.20. The predicted octanol–water partition coefficient (Wildman–Crippen LogP) is 3.58. The lowest BCUT2D eigenvalue weighted by Crippen LogP contribution is -1.98. The molecule has 0 aliphatic heterocycles. The van der Waals surface area contributed by atoms with Gasteiger partial charge in [0.2, 0.25) is 0 Å². The molecule has 1 heteroatoms. The van der Waals surface area contributed by atoms with E-state index in [4.69, 9.17) is 0 Å². The van der Waals surface area contributed by atoms with Crippen LogP contribution < -0.4 is 0 Å². The molecule has 76 valence electrons. The normalized spacial score (nSPS) is 21.6. The number of allylic oxidation sites excluding steroid dienone is 6. The highest BCUT2D eigenvalue weighted by Gasteiger charge is 2.09. The molecule has 0 fully saturated rings. The smallest absolute Gasteiger partial charge is 0.143 e. The highest BCUT2D eigenvalue weighted by atomic mass is 16.1. The van der Waals surface area contributed by atoms with Crippen molar-refractivity contribution in [1.29, 1.82) is 0 Å². The summed E-state index contributed by atoms with van der Waals surface area (Å²) >= 11 is 0. The van der Waals surface area contributed by atoms with Gasteiger partial charge in [0.1, 0.15) is 6.29 Å². The van der Waals surface area contributed by atoms with Gasteiger partial charge in [0, 0.05) is 0 Å². The van der Waals surface area contributed by atoms with Crippen LogP contribution in [0.1, 0.15) is 40.0 Å². The molecule has 0 spiro atoms. The molecule has 0 aromatic rings. The molecule has 0 radical (unpaired) electrons. The molecule has 0 bridgehead atoms. The average molecular weight is 190 g/mol. The van der Waals surface area contributed by atoms with Crippen LogP contribution in [0, 0.1) is 0 Å². The quantitative estimate of drug-likeness (QED) is 0.480. The van der Waals surface area contributed by atoms with E-state index in [2.05, 4.69) is 19.9 Å². The van der Waals surface area contributed by atoms with Crippen molar-refractivity contribution in [2.75, 3.05) is 0 Å². The minimum Gasteiger partial charge on any atom is -0.299 e. The maximum Gasteiger partial charge on any atom is 0.143 e. The molecule has 0 aromatic carbocycles. The van der Waals surface area contributed by atoms with Gasteiger partial charge in [0.25, 0.3) is 0 Å². The molecule has 0 atom stereocenters. The van der Waals surface area contributed by atoms with E-state index in [9.17, 15) is 4.79 Å². The summed E-state index contributed by atoms with van der Waals surface area (Å²) in [7, 11) is 0. The molecule has 0 aromatic heterocycles. The maximum atomic E-state index is 10.3. The second kappa shape index (κ2) is 4.94. The second-order valence-electron chi connectivity index (χ2n) is 3.98. The number of hydrogen-bond donors (Lipinski definition) is 0. The van der Waals surface area contributed by atoms with Gasteiger partial charge in [-0.05, 0) is 62.8 Å². The van der Waals surface area contributed by atoms with Crippen LogP contribution in [0.2, 0.25) is 0 Å². The van der Waals surface area contributed by atoms with Crippen LogP contribution in [0.5, 0.6) is 0 Å². The zero-order chi connectivity index (χ0) is 10.6. The van der Waals surface area contributed by atoms with Crippen molar-refractivity contribution in [2.24, 2.45) is 0 Å². The molecule has 1 nitrogen and oxygen atoms in total. The lowest BCUT2D eigenvalue weighted by Gasteiger charge is -2.18. The predicted molar refractivity (Wildman–Crippen MR) is 60.1 cm³/mol. The molecule has 0 heterocycles. The first kappa shape index (κ1) is 11.0. The SMILES string of the molecule is CC1=C(C)/C(=C/C(C)=C\C=O)CCC1. The van der Waals surface area contributed by atoms with Crippen LogP contribution in [0.15, 0.2) is 34.4 Å². The third-order valence-corrected chi connectivity index (χ3v) is 2.85. The van der Waals surface area contributed by atoms with E-state index in [1.807, 2.05) is 6.92 Å². The molecular formula is C13H18O. The summed E-state index contributed by atoms with van der Waals surface area (Å²) in [4.78, 5) is 10.3. The van der Waals surface area contributed by atoms with E-state index < -0.39 is 0 Å². The van der Waals surface area contributed by atoms with Gasteiger partial charge in [-0.15, -0.1) is 0 Å². The van der Waals surface area contributed by atoms with Gasteiger partial charge in [-0.1, -0.05) is 11.6 Å². The Bertz CT molecular complexity index is 316. The van der Waals surface area contributed by atoms with Crippen LogP contribution in [-0.2, 0) is 4.79 Å². The van der Waals surface area contributed by atoms with E-state index in [0.717, 1.165) is 18.3 Å². The zero-order valence-corrected chi connectivity index (χ0v) is 9.26. The molecular weight excluding hydrogens is 172 g/mol. The summed E-state index contributed by atoms with van der Waals surface area (Å²) in [5.41, 5.74) is 5.34. The lowest BCUT2D eigenvalue weighted by atomic mass is 9.88. The van der Waals surface area contributed by atoms with Crippen LogP contribution in [0.25, 0.3) is 0 Å². The molecule has 0 saturated carbocycles. The van der Waals surface area contributed by atoms with E-state index >= 15 is 0 Å². The molecule has 14 heavy (non-hydrogen) atoms. The zero-order valence-electron chi connectivity index (χ0n) is 9.26. The summed E-state index contributed by atoms with van der Waals surface area (Å²) in [5.74, 6) is 0. The van der Waals surface area contributed by atoms with Gasteiger partial charge >= 0.3 is 0 Å². The van der Waals surface area contributed by atoms with E-state index in [1.165, 1.54) is 29.6 Å². The van der Waals surface area contributed by atoms with Crippen LogP contribution in [0.4, 0.5) is 0 Å². The fraction of sp³-hybridized carbons (Fsp3) is 0.462. The standard InChI is InChI=1S/C13H18O/c1-10(7-8-14)9-13-6-4-5-11(2)12(13)3/h7-9H,4-6H2,1-3H3/b10-7-,13-9+. The van der Waals surface area contributed by atoms with Crippen molar-refractivity contribution < 1.29 is 4.79 Å². The first-order chi connectivity index (χ1) is 6.65. The number of carbonyl (C=O) groups is 1. The second-order valence-corrected chi connectivity index (χ2v) is 3.98. The average Bonchev–Trinajstić information content (AvgIpc) is 2.13. The molecule has 0 N–H and O–H groups in total. The van der Waals surface area contributed by atoms with Crippen molar-refractivity contribution in [2.45, 2.75) is 40.0 Å². The molecule has 0 amide bonds. The van der Waals surface area contributed by atoms with Crippen LogP contribution in [-0.4, -0.2) is 6.29 Å². The molecule has 1 aliphatic rings. The third-order valence-electron chi connectivity index (χ3n) is 2.85. The fourth-order valence-electron chi connectivity index (χ4n) is 1.80. The van der Waals surface area contributed by atoms with Gasteiger partial charge in [0.15, 0.2) is 0 Å². The van der Waals surface area contributed by atoms with Crippen molar-refractivity contribution in [1.82, 2.24) is 0 Å². The summed E-state index contributed by atoms with van der Waals surface area (Å²) in [6, 6.07) is 0. The topological polar surface area (TPSA) is 17.1 Å². The Morgan fingerprint density at radius 1 is 1.29 bits per heavy atom. The summed E-state index contributed by atoms with van der Waals surface area (Å²) in [5, 5.41) is 0. The van der Waals surface area contributed by atoms with Gasteiger partial charge in [-0.2, -0.15) is 0 Å². The van der Waals surface area contributed by atoms with Crippen LogP contribution in [0.3, 0.4) is 0 Å². The Labute approximate surface area is 86.2 Å². The Balaban J connectivity index is 2.92. The summed E-state index contributed by atoms with van der Waals surface area (Å²) < 4.78 is 0. The van der Waals surface area contributed by atoms with Gasteiger partial charge in [0.05, 0.1) is 0 Å². The first-order valence-electron chi connectivity index (χ1n) is 5.14. The van der Waals surface area contributed by atoms with Crippen molar-refractivity contribution in [3.05, 3.63) is 34.4 Å². The number of hydrogen-bond acceptors (Lipinski definition) is 1. The minimum absolute atomic E-state index is 0.848. The Hall–Kier alpha value is -1.11. The Morgan fingerprint density at radius 3 is 2.64 bits per heavy atom. The minimum atomic E-state index is 0.848. The van der Waals surface area contributed by atoms with Crippen molar-refractivity contribution in [3.8, 4) is 0 Å². The number of rotatable bonds is 2. The van der Waals surface area contributed by atoms with E-state index in [0.29, 0.717) is 0 Å². The molecule has 1 aliphatic carbocycles. The van der Waals surface area contributed by atoms with Crippen LogP contribution >= 0.6 is 0 Å². The van der Waals surface area contributed by atoms with Gasteiger partial charge in [-0.3, -0.25) is 4.79 Å². The molecule has 0 saturated heterocycles. The van der Waals surface area contributed by atoms with Gasteiger partial charge in [-0.25, -0.2) is 0 Å². The highest BCUT2D eigenvalue weighted by molar-refractivity contribution is 5.67. The van der Waals surface area contributed by atoms with Crippen molar-refractivity contribution >= 4 is 6.29 Å². The first-order valence-corrected chi connectivity index (χ1v) is 5.14. The summed E-state index contributed by atoms with van der Waals surface area (Å²) in [6.45, 7) is 6.34. The van der Waals surface area contributed by atoms with Crippen molar-refractivity contribution in [3.63, 3.8) is 0 Å². The Morgan fingerprint density at radius 2 is 2.00 bits per heavy atom. The van der Waals surface area contributed by atoms with Gasteiger partial charge < -0.3 is 0 Å². The number of carbonyl (C=O) groups excluding carboxylic acids is 1. The maximum absolute atomic E-state index is 10.3. The molecule has 0 unspecified atom stereocenters. The van der Waals surface area contributed by atoms with E-state index in [-0.39, 0.29) is 0 Å². The lowest BCUT2D eigenvalue weighted by molar-refractivity contribution is -0.104. The van der Waals surface area contributed by atoms with E-state index in [1.54, 1.807) is 6.08 Å². The Kier molecular flexibility index (Phi) is 3.87. The third kappa shape index (κ3) is 2.69. The molecule has 1 rings (SSSR count). The fourth-order valence-corrected chi connectivity index (χ4v) is 1.80. The largest absolute Gasteiger partial charge is 0.299 e. The number of aldehydes is 1. The highest BCUT2D eigenvalue weighted by Crippen LogP contribution is 2.29. The monoisotopic (exact) mass is 190 g/mol.